The van der Waals surface area contributed by atoms with Gasteiger partial charge < -0.3 is 24.1 Å². The van der Waals surface area contributed by atoms with E-state index in [-0.39, 0.29) is 42.0 Å². The molecular weight excluding hydrogens is 362 g/mol. The van der Waals surface area contributed by atoms with Crippen LogP contribution in [-0.4, -0.2) is 37.0 Å². The van der Waals surface area contributed by atoms with Crippen LogP contribution < -0.4 is 14.8 Å². The first-order chi connectivity index (χ1) is 13.0. The minimum Gasteiger partial charge on any atom is -0.493 e. The molecule has 27 heavy (non-hydrogen) atoms. The molecule has 0 radical (unpaired) electrons. The average Bonchev–Trinajstić information content (AvgIpc) is 3.25. The molecule has 1 fully saturated rings. The number of furan rings is 1. The minimum atomic E-state index is -3.02. The number of hydrogen-bond donors (Lipinski definition) is 1. The van der Waals surface area contributed by atoms with Crippen molar-refractivity contribution in [1.29, 1.82) is 0 Å². The second-order valence-corrected chi connectivity index (χ2v) is 5.99. The Kier molecular flexibility index (Phi) is 5.58. The molecule has 0 spiro atoms. The highest BCUT2D eigenvalue weighted by atomic mass is 19.3. The Bertz CT molecular complexity index is 810. The van der Waals surface area contributed by atoms with Crippen LogP contribution in [0.1, 0.15) is 12.2 Å². The molecule has 2 aromatic rings. The number of benzene rings is 1. The average molecular weight is 380 g/mol. The van der Waals surface area contributed by atoms with Crippen molar-refractivity contribution in [2.45, 2.75) is 19.6 Å². The summed E-state index contributed by atoms with van der Waals surface area (Å²) >= 11 is 0. The van der Waals surface area contributed by atoms with E-state index in [9.17, 15) is 18.4 Å². The molecule has 1 atom stereocenters. The van der Waals surface area contributed by atoms with Crippen molar-refractivity contribution in [3.8, 4) is 11.5 Å². The van der Waals surface area contributed by atoms with E-state index >= 15 is 0 Å². The van der Waals surface area contributed by atoms with Crippen molar-refractivity contribution in [3.05, 3.63) is 42.4 Å². The van der Waals surface area contributed by atoms with Crippen molar-refractivity contribution in [3.63, 3.8) is 0 Å². The monoisotopic (exact) mass is 380 g/mol. The predicted octanol–water partition coefficient (Wildman–Crippen LogP) is 2.88. The predicted molar refractivity (Wildman–Crippen MR) is 90.5 cm³/mol. The number of anilines is 1. The third-order valence-corrected chi connectivity index (χ3v) is 4.16. The zero-order valence-corrected chi connectivity index (χ0v) is 14.5. The number of alkyl halides is 2. The van der Waals surface area contributed by atoms with E-state index in [4.69, 9.17) is 9.15 Å². The first-order valence-corrected chi connectivity index (χ1v) is 8.20. The number of methoxy groups -OCH3 is 1. The summed E-state index contributed by atoms with van der Waals surface area (Å²) in [5.74, 6) is -0.509. The molecule has 1 aromatic heterocycles. The second kappa shape index (κ2) is 8.07. The normalized spacial score (nSPS) is 16.7. The van der Waals surface area contributed by atoms with Gasteiger partial charge in [-0.1, -0.05) is 0 Å². The number of halogens is 2. The maximum absolute atomic E-state index is 12.5. The van der Waals surface area contributed by atoms with Crippen molar-refractivity contribution in [2.24, 2.45) is 5.92 Å². The molecule has 1 aliphatic heterocycles. The number of likely N-dealkylation sites (tertiary alicyclic amines) is 1. The highest BCUT2D eigenvalue weighted by Gasteiger charge is 2.34. The number of carbonyl (C=O) groups is 2. The van der Waals surface area contributed by atoms with E-state index in [0.29, 0.717) is 12.3 Å². The molecule has 2 heterocycles. The Morgan fingerprint density at radius 3 is 2.85 bits per heavy atom. The molecule has 0 aliphatic carbocycles. The topological polar surface area (TPSA) is 81.0 Å². The number of ether oxygens (including phenoxy) is 2. The lowest BCUT2D eigenvalue weighted by atomic mass is 10.1. The Hall–Kier alpha value is -3.10. The fraction of sp³-hybridized carbons (Fsp3) is 0.333. The van der Waals surface area contributed by atoms with Gasteiger partial charge in [0.1, 0.15) is 5.76 Å². The van der Waals surface area contributed by atoms with Crippen LogP contribution in [0.25, 0.3) is 0 Å². The van der Waals surface area contributed by atoms with E-state index in [0.717, 1.165) is 0 Å². The summed E-state index contributed by atoms with van der Waals surface area (Å²) < 4.78 is 39.6. The second-order valence-electron chi connectivity index (χ2n) is 5.99. The van der Waals surface area contributed by atoms with Gasteiger partial charge in [0.15, 0.2) is 11.5 Å². The molecule has 1 aromatic carbocycles. The van der Waals surface area contributed by atoms with Gasteiger partial charge in [-0.2, -0.15) is 8.78 Å². The van der Waals surface area contributed by atoms with Crippen LogP contribution in [0, 0.1) is 5.92 Å². The summed E-state index contributed by atoms with van der Waals surface area (Å²) in [6.45, 7) is -2.47. The summed E-state index contributed by atoms with van der Waals surface area (Å²) in [6.07, 6.45) is 1.59. The number of rotatable bonds is 7. The van der Waals surface area contributed by atoms with E-state index < -0.39 is 12.5 Å². The lowest BCUT2D eigenvalue weighted by Crippen LogP contribution is -2.27. The summed E-state index contributed by atoms with van der Waals surface area (Å²) in [6, 6.07) is 7.65. The van der Waals surface area contributed by atoms with Crippen molar-refractivity contribution in [1.82, 2.24) is 4.90 Å². The van der Waals surface area contributed by atoms with Crippen LogP contribution >= 0.6 is 0 Å². The quantitative estimate of drug-likeness (QED) is 0.799. The fourth-order valence-electron chi connectivity index (χ4n) is 2.88. The Balaban J connectivity index is 1.64. The maximum atomic E-state index is 12.5. The molecule has 2 amide bonds. The molecule has 7 nitrogen and oxygen atoms in total. The van der Waals surface area contributed by atoms with E-state index in [1.807, 2.05) is 0 Å². The van der Waals surface area contributed by atoms with Crippen LogP contribution in [0.4, 0.5) is 14.5 Å². The molecule has 1 saturated heterocycles. The van der Waals surface area contributed by atoms with E-state index in [2.05, 4.69) is 10.1 Å². The van der Waals surface area contributed by atoms with Gasteiger partial charge in [-0.3, -0.25) is 9.59 Å². The lowest BCUT2D eigenvalue weighted by molar-refractivity contribution is -0.128. The van der Waals surface area contributed by atoms with Gasteiger partial charge in [-0.25, -0.2) is 0 Å². The van der Waals surface area contributed by atoms with Crippen LogP contribution in [0.3, 0.4) is 0 Å². The first kappa shape index (κ1) is 18.7. The van der Waals surface area contributed by atoms with Gasteiger partial charge in [0, 0.05) is 24.7 Å². The van der Waals surface area contributed by atoms with Crippen molar-refractivity contribution >= 4 is 17.5 Å². The summed E-state index contributed by atoms with van der Waals surface area (Å²) in [4.78, 5) is 26.1. The smallest absolute Gasteiger partial charge is 0.387 e. The highest BCUT2D eigenvalue weighted by molar-refractivity contribution is 5.97. The highest BCUT2D eigenvalue weighted by Crippen LogP contribution is 2.32. The van der Waals surface area contributed by atoms with Crippen LogP contribution in [0.15, 0.2) is 41.0 Å². The van der Waals surface area contributed by atoms with Gasteiger partial charge in [0.2, 0.25) is 11.8 Å². The molecule has 9 heteroatoms. The Labute approximate surface area is 153 Å². The number of nitrogens with one attached hydrogen (secondary N) is 1. The number of nitrogens with zero attached hydrogens (tertiary/aromatic N) is 1. The standard InChI is InChI=1S/C18H18F2N2O5/c1-25-14-5-4-12(8-15(14)27-18(19)20)21-17(24)11-7-16(23)22(9-11)10-13-3-2-6-26-13/h2-6,8,11,18H,7,9-10H2,1H3,(H,21,24)/t11-/m0/s1. The number of hydrogen-bond acceptors (Lipinski definition) is 5. The number of carbonyl (C=O) groups excluding carboxylic acids is 2. The Morgan fingerprint density at radius 1 is 1.37 bits per heavy atom. The minimum absolute atomic E-state index is 0.0725. The summed E-state index contributed by atoms with van der Waals surface area (Å²) in [5.41, 5.74) is 0.272. The zero-order valence-electron chi connectivity index (χ0n) is 14.5. The van der Waals surface area contributed by atoms with E-state index in [1.165, 1.54) is 31.6 Å². The molecule has 1 N–H and O–H groups in total. The third kappa shape index (κ3) is 4.55. The zero-order chi connectivity index (χ0) is 19.4. The Morgan fingerprint density at radius 2 is 2.19 bits per heavy atom. The van der Waals surface area contributed by atoms with Crippen LogP contribution in [-0.2, 0) is 16.1 Å². The molecule has 144 valence electrons. The van der Waals surface area contributed by atoms with Gasteiger partial charge >= 0.3 is 6.61 Å². The van der Waals surface area contributed by atoms with Crippen LogP contribution in [0.5, 0.6) is 11.5 Å². The van der Waals surface area contributed by atoms with Crippen molar-refractivity contribution < 1.29 is 32.3 Å². The SMILES string of the molecule is COc1ccc(NC(=O)[C@H]2CC(=O)N(Cc3ccco3)C2)cc1OC(F)F. The third-order valence-electron chi connectivity index (χ3n) is 4.16. The molecule has 3 rings (SSSR count). The van der Waals surface area contributed by atoms with E-state index in [1.54, 1.807) is 17.0 Å². The molecular formula is C18H18F2N2O5. The van der Waals surface area contributed by atoms with Crippen LogP contribution in [0.2, 0.25) is 0 Å². The van der Waals surface area contributed by atoms with Gasteiger partial charge in [0.25, 0.3) is 0 Å². The summed E-state index contributed by atoms with van der Waals surface area (Å²) in [7, 11) is 1.32. The fourth-order valence-corrected chi connectivity index (χ4v) is 2.88. The molecule has 1 aliphatic rings. The molecule has 0 bridgehead atoms. The first-order valence-electron chi connectivity index (χ1n) is 8.20. The summed E-state index contributed by atoms with van der Waals surface area (Å²) in [5, 5.41) is 2.63. The van der Waals surface area contributed by atoms with Crippen molar-refractivity contribution in [2.75, 3.05) is 19.0 Å². The molecule has 0 saturated carbocycles. The number of amides is 2. The maximum Gasteiger partial charge on any atom is 0.387 e. The lowest BCUT2D eigenvalue weighted by Gasteiger charge is -2.16. The van der Waals surface area contributed by atoms with Gasteiger partial charge in [-0.05, 0) is 24.3 Å². The van der Waals surface area contributed by atoms with Gasteiger partial charge in [-0.15, -0.1) is 0 Å². The molecule has 0 unspecified atom stereocenters. The largest absolute Gasteiger partial charge is 0.493 e. The van der Waals surface area contributed by atoms with Gasteiger partial charge in [0.05, 0.1) is 25.8 Å².